The number of benzene rings is 1. The first-order valence-corrected chi connectivity index (χ1v) is 15.6. The Balaban J connectivity index is 2.35. The molecule has 0 fully saturated rings. The maximum atomic E-state index is 10.6. The highest BCUT2D eigenvalue weighted by Crippen LogP contribution is 2.29. The Morgan fingerprint density at radius 1 is 0.412 bits per heavy atom. The van der Waals surface area contributed by atoms with E-state index in [-0.39, 0.29) is 0 Å². The van der Waals surface area contributed by atoms with Crippen LogP contribution in [0, 0.1) is 0 Å². The Hall–Kier alpha value is -0.980. The average Bonchev–Trinajstić information content (AvgIpc) is 2.84. The summed E-state index contributed by atoms with van der Waals surface area (Å²) < 4.78 is 0. The molecule has 1 heteroatoms. The Kier molecular flexibility index (Phi) is 20.5. The lowest BCUT2D eigenvalue weighted by Crippen LogP contribution is -2.02. The van der Waals surface area contributed by atoms with E-state index in [1.54, 1.807) is 0 Å². The van der Waals surface area contributed by atoms with Gasteiger partial charge in [-0.25, -0.2) is 0 Å². The van der Waals surface area contributed by atoms with Gasteiger partial charge in [0.1, 0.15) is 5.75 Å². The maximum Gasteiger partial charge on any atom is 0.119 e. The molecule has 0 aliphatic heterocycles. The highest BCUT2D eigenvalue weighted by molar-refractivity contribution is 5.45. The van der Waals surface area contributed by atoms with Crippen LogP contribution in [-0.4, -0.2) is 5.11 Å². The largest absolute Gasteiger partial charge is 0.508 e. The van der Waals surface area contributed by atoms with Crippen molar-refractivity contribution in [3.63, 3.8) is 0 Å². The quantitative estimate of drug-likeness (QED) is 0.148. The predicted molar refractivity (Wildman–Crippen MR) is 153 cm³/mol. The van der Waals surface area contributed by atoms with Gasteiger partial charge in [-0.3, -0.25) is 0 Å². The standard InChI is InChI=1S/C33H60O/c1-4-7-9-11-13-15-17-19-21-23-26-30-28-29-33(34)32(25-6-3)31(30)27-24-22-20-18-16-14-12-10-8-5-2/h28-29,34H,4-27H2,1-3H3. The van der Waals surface area contributed by atoms with Gasteiger partial charge < -0.3 is 5.11 Å². The Bertz CT molecular complexity index is 576. The molecule has 1 N–H and O–H groups in total. The molecule has 0 saturated heterocycles. The highest BCUT2D eigenvalue weighted by Gasteiger charge is 2.12. The minimum absolute atomic E-state index is 0.538. The predicted octanol–water partition coefficient (Wildman–Crippen LogP) is 11.3. The first kappa shape index (κ1) is 31.1. The molecule has 198 valence electrons. The fraction of sp³-hybridized carbons (Fsp3) is 0.818. The van der Waals surface area contributed by atoms with Crippen molar-refractivity contribution in [1.82, 2.24) is 0 Å². The normalized spacial score (nSPS) is 11.4. The zero-order chi connectivity index (χ0) is 24.7. The summed E-state index contributed by atoms with van der Waals surface area (Å²) in [7, 11) is 0. The molecule has 0 aliphatic rings. The highest BCUT2D eigenvalue weighted by atomic mass is 16.3. The number of hydrogen-bond donors (Lipinski definition) is 1. The molecule has 0 saturated carbocycles. The van der Waals surface area contributed by atoms with Crippen molar-refractivity contribution < 1.29 is 5.11 Å². The van der Waals surface area contributed by atoms with Crippen LogP contribution in [0.25, 0.3) is 0 Å². The fourth-order valence-electron chi connectivity index (χ4n) is 5.40. The SMILES string of the molecule is CCCCCCCCCCCCc1ccc(O)c(CCC)c1CCCCCCCCCCCC. The molecule has 0 aliphatic carbocycles. The monoisotopic (exact) mass is 472 g/mol. The van der Waals surface area contributed by atoms with Crippen molar-refractivity contribution in [3.05, 3.63) is 28.8 Å². The molecule has 0 amide bonds. The van der Waals surface area contributed by atoms with Crippen LogP contribution in [0.15, 0.2) is 12.1 Å². The number of unbranched alkanes of at least 4 members (excludes halogenated alkanes) is 18. The van der Waals surface area contributed by atoms with E-state index in [0.29, 0.717) is 5.75 Å². The molecule has 0 aromatic heterocycles. The third-order valence-corrected chi connectivity index (χ3v) is 7.58. The molecule has 0 bridgehead atoms. The lowest BCUT2D eigenvalue weighted by atomic mass is 9.90. The summed E-state index contributed by atoms with van der Waals surface area (Å²) in [5.74, 6) is 0.538. The van der Waals surface area contributed by atoms with E-state index >= 15 is 0 Å². The van der Waals surface area contributed by atoms with Crippen LogP contribution >= 0.6 is 0 Å². The number of aryl methyl sites for hydroxylation is 1. The first-order valence-electron chi connectivity index (χ1n) is 15.6. The van der Waals surface area contributed by atoms with E-state index in [1.165, 1.54) is 152 Å². The lowest BCUT2D eigenvalue weighted by molar-refractivity contribution is 0.465. The fourth-order valence-corrected chi connectivity index (χ4v) is 5.40. The number of aromatic hydroxyl groups is 1. The third kappa shape index (κ3) is 15.1. The molecule has 0 atom stereocenters. The van der Waals surface area contributed by atoms with Gasteiger partial charge in [0, 0.05) is 0 Å². The second kappa shape index (κ2) is 22.5. The number of hydrogen-bond acceptors (Lipinski definition) is 1. The summed E-state index contributed by atoms with van der Waals surface area (Å²) in [5.41, 5.74) is 4.28. The van der Waals surface area contributed by atoms with E-state index in [9.17, 15) is 5.11 Å². The molecule has 0 spiro atoms. The van der Waals surface area contributed by atoms with Gasteiger partial charge in [-0.1, -0.05) is 149 Å². The summed E-state index contributed by atoms with van der Waals surface area (Å²) in [5, 5.41) is 10.6. The Morgan fingerprint density at radius 2 is 0.824 bits per heavy atom. The Labute approximate surface area is 214 Å². The maximum absolute atomic E-state index is 10.6. The number of rotatable bonds is 24. The van der Waals surface area contributed by atoms with E-state index < -0.39 is 0 Å². The van der Waals surface area contributed by atoms with Gasteiger partial charge in [0.25, 0.3) is 0 Å². The van der Waals surface area contributed by atoms with Gasteiger partial charge >= 0.3 is 0 Å². The second-order valence-electron chi connectivity index (χ2n) is 10.8. The van der Waals surface area contributed by atoms with Crippen LogP contribution in [0.2, 0.25) is 0 Å². The van der Waals surface area contributed by atoms with Crippen molar-refractivity contribution in [2.24, 2.45) is 0 Å². The molecule has 1 aromatic carbocycles. The van der Waals surface area contributed by atoms with E-state index in [4.69, 9.17) is 0 Å². The minimum atomic E-state index is 0.538. The van der Waals surface area contributed by atoms with Crippen molar-refractivity contribution in [2.75, 3.05) is 0 Å². The summed E-state index contributed by atoms with van der Waals surface area (Å²) in [6.45, 7) is 6.82. The average molecular weight is 473 g/mol. The molecule has 34 heavy (non-hydrogen) atoms. The zero-order valence-electron chi connectivity index (χ0n) is 23.6. The van der Waals surface area contributed by atoms with Crippen molar-refractivity contribution in [3.8, 4) is 5.75 Å². The van der Waals surface area contributed by atoms with Crippen LogP contribution in [-0.2, 0) is 19.3 Å². The molecule has 0 heterocycles. The van der Waals surface area contributed by atoms with Crippen LogP contribution < -0.4 is 0 Å². The van der Waals surface area contributed by atoms with Crippen molar-refractivity contribution in [1.29, 1.82) is 0 Å². The molecule has 0 unspecified atom stereocenters. The van der Waals surface area contributed by atoms with Gasteiger partial charge in [0.2, 0.25) is 0 Å². The number of phenolic OH excluding ortho intramolecular Hbond substituents is 1. The number of phenols is 1. The molecular weight excluding hydrogens is 412 g/mol. The van der Waals surface area contributed by atoms with Gasteiger partial charge in [-0.2, -0.15) is 0 Å². The van der Waals surface area contributed by atoms with Crippen LogP contribution in [0.5, 0.6) is 5.75 Å². The molecule has 1 aromatic rings. The molecular formula is C33H60O. The summed E-state index contributed by atoms with van der Waals surface area (Å²) in [6.07, 6.45) is 32.3. The van der Waals surface area contributed by atoms with Gasteiger partial charge in [0.05, 0.1) is 0 Å². The van der Waals surface area contributed by atoms with Crippen LogP contribution in [0.4, 0.5) is 0 Å². The van der Waals surface area contributed by atoms with Gasteiger partial charge in [-0.05, 0) is 54.9 Å². The lowest BCUT2D eigenvalue weighted by Gasteiger charge is -2.17. The third-order valence-electron chi connectivity index (χ3n) is 7.58. The zero-order valence-corrected chi connectivity index (χ0v) is 23.6. The van der Waals surface area contributed by atoms with Crippen LogP contribution in [0.1, 0.15) is 172 Å². The van der Waals surface area contributed by atoms with Crippen LogP contribution in [0.3, 0.4) is 0 Å². The summed E-state index contributed by atoms with van der Waals surface area (Å²) in [6, 6.07) is 4.20. The Morgan fingerprint density at radius 3 is 1.26 bits per heavy atom. The summed E-state index contributed by atoms with van der Waals surface area (Å²) in [4.78, 5) is 0. The van der Waals surface area contributed by atoms with Crippen molar-refractivity contribution >= 4 is 0 Å². The summed E-state index contributed by atoms with van der Waals surface area (Å²) >= 11 is 0. The van der Waals surface area contributed by atoms with Crippen molar-refractivity contribution in [2.45, 2.75) is 175 Å². The first-order chi connectivity index (χ1) is 16.7. The molecule has 1 rings (SSSR count). The van der Waals surface area contributed by atoms with E-state index in [1.807, 2.05) is 6.07 Å². The van der Waals surface area contributed by atoms with Gasteiger partial charge in [-0.15, -0.1) is 0 Å². The topological polar surface area (TPSA) is 20.2 Å². The van der Waals surface area contributed by atoms with E-state index in [2.05, 4.69) is 26.8 Å². The molecule has 1 nitrogen and oxygen atoms in total. The molecule has 0 radical (unpaired) electrons. The smallest absolute Gasteiger partial charge is 0.119 e. The van der Waals surface area contributed by atoms with E-state index in [0.717, 1.165) is 19.3 Å². The van der Waals surface area contributed by atoms with Gasteiger partial charge in [0.15, 0.2) is 0 Å². The second-order valence-corrected chi connectivity index (χ2v) is 10.8. The minimum Gasteiger partial charge on any atom is -0.508 e.